The van der Waals surface area contributed by atoms with Crippen molar-refractivity contribution in [3.8, 4) is 0 Å². The van der Waals surface area contributed by atoms with E-state index >= 15 is 0 Å². The van der Waals surface area contributed by atoms with Gasteiger partial charge in [-0.15, -0.1) is 0 Å². The molecule has 3 N–H and O–H groups in total. The van der Waals surface area contributed by atoms with E-state index in [1.54, 1.807) is 0 Å². The number of hydrogen-bond donors (Lipinski definition) is 2. The average Bonchev–Trinajstić information content (AvgIpc) is 1.96. The molecule has 0 aromatic carbocycles. The van der Waals surface area contributed by atoms with Gasteiger partial charge in [-0.2, -0.15) is 0 Å². The number of nitrogens with one attached hydrogen (secondary N) is 1. The maximum atomic E-state index is 10.9. The van der Waals surface area contributed by atoms with Gasteiger partial charge < -0.3 is 15.8 Å². The highest BCUT2D eigenvalue weighted by Gasteiger charge is 2.25. The van der Waals surface area contributed by atoms with Gasteiger partial charge in [0.25, 0.3) is 0 Å². The van der Waals surface area contributed by atoms with Crippen molar-refractivity contribution in [1.29, 1.82) is 0 Å². The number of ether oxygens (including phenoxy) is 1. The molecule has 4 nitrogen and oxygen atoms in total. The highest BCUT2D eigenvalue weighted by Crippen LogP contribution is 2.24. The summed E-state index contributed by atoms with van der Waals surface area (Å²) < 4.78 is 4.67. The minimum absolute atomic E-state index is 0.0435. The first kappa shape index (κ1) is 9.48. The van der Waals surface area contributed by atoms with E-state index in [2.05, 4.69) is 10.1 Å². The molecule has 1 amide bonds. The molecule has 70 valence electrons. The summed E-state index contributed by atoms with van der Waals surface area (Å²) in [5.41, 5.74) is 5.60. The van der Waals surface area contributed by atoms with Gasteiger partial charge in [0.1, 0.15) is 6.61 Å². The molecule has 0 atom stereocenters. The summed E-state index contributed by atoms with van der Waals surface area (Å²) in [5, 5.41) is 2.79. The number of carbonyl (C=O) groups excluding carboxylic acids is 1. The van der Waals surface area contributed by atoms with Crippen LogP contribution >= 0.6 is 0 Å². The number of hydrogen-bond acceptors (Lipinski definition) is 3. The van der Waals surface area contributed by atoms with E-state index < -0.39 is 0 Å². The van der Waals surface area contributed by atoms with Crippen molar-refractivity contribution in [1.82, 2.24) is 5.32 Å². The summed E-state index contributed by atoms with van der Waals surface area (Å²) in [6.07, 6.45) is 2.07. The van der Waals surface area contributed by atoms with Crippen LogP contribution in [0.25, 0.3) is 0 Å². The molecular weight excluding hydrogens is 156 g/mol. The van der Waals surface area contributed by atoms with Crippen LogP contribution in [0, 0.1) is 5.92 Å². The molecule has 0 saturated heterocycles. The summed E-state index contributed by atoms with van der Waals surface area (Å²) in [6, 6.07) is 0.356. The second kappa shape index (κ2) is 4.42. The molecule has 1 rings (SSSR count). The third kappa shape index (κ3) is 2.79. The summed E-state index contributed by atoms with van der Waals surface area (Å²) in [5.74, 6) is 0.541. The van der Waals surface area contributed by atoms with E-state index in [0.29, 0.717) is 12.0 Å². The van der Waals surface area contributed by atoms with E-state index in [0.717, 1.165) is 19.4 Å². The maximum absolute atomic E-state index is 10.9. The van der Waals surface area contributed by atoms with Crippen LogP contribution < -0.4 is 11.1 Å². The standard InChI is InChI=1S/C8H16N2O2/c1-12-5-8(11)10-4-6-2-7(9)3-6/h6-7H,2-5,9H2,1H3,(H,10,11). The zero-order chi connectivity index (χ0) is 8.97. The van der Waals surface area contributed by atoms with Crippen LogP contribution in [0.5, 0.6) is 0 Å². The lowest BCUT2D eigenvalue weighted by atomic mass is 9.81. The fraction of sp³-hybridized carbons (Fsp3) is 0.875. The van der Waals surface area contributed by atoms with Gasteiger partial charge in [0, 0.05) is 19.7 Å². The monoisotopic (exact) mass is 172 g/mol. The van der Waals surface area contributed by atoms with Gasteiger partial charge in [-0.05, 0) is 18.8 Å². The lowest BCUT2D eigenvalue weighted by molar-refractivity contribution is -0.125. The quantitative estimate of drug-likeness (QED) is 0.600. The van der Waals surface area contributed by atoms with E-state index in [4.69, 9.17) is 5.73 Å². The van der Waals surface area contributed by atoms with Crippen molar-refractivity contribution in [3.05, 3.63) is 0 Å². The number of amides is 1. The van der Waals surface area contributed by atoms with Gasteiger partial charge in [-0.1, -0.05) is 0 Å². The number of nitrogens with two attached hydrogens (primary N) is 1. The molecule has 0 unspecified atom stereocenters. The van der Waals surface area contributed by atoms with Gasteiger partial charge in [-0.3, -0.25) is 4.79 Å². The first-order chi connectivity index (χ1) is 5.72. The Kier molecular flexibility index (Phi) is 3.49. The van der Waals surface area contributed by atoms with Gasteiger partial charge in [0.05, 0.1) is 0 Å². The smallest absolute Gasteiger partial charge is 0.245 e. The molecule has 0 aromatic rings. The lowest BCUT2D eigenvalue weighted by Crippen LogP contribution is -2.43. The Bertz CT molecular complexity index is 155. The first-order valence-corrected chi connectivity index (χ1v) is 4.23. The van der Waals surface area contributed by atoms with E-state index in [9.17, 15) is 4.79 Å². The molecule has 1 aliphatic rings. The highest BCUT2D eigenvalue weighted by atomic mass is 16.5. The van der Waals surface area contributed by atoms with E-state index in [1.165, 1.54) is 7.11 Å². The Morgan fingerprint density at radius 1 is 1.67 bits per heavy atom. The minimum atomic E-state index is -0.0435. The van der Waals surface area contributed by atoms with Crippen molar-refractivity contribution in [2.45, 2.75) is 18.9 Å². The molecule has 0 heterocycles. The minimum Gasteiger partial charge on any atom is -0.375 e. The highest BCUT2D eigenvalue weighted by molar-refractivity contribution is 5.77. The van der Waals surface area contributed by atoms with Crippen molar-refractivity contribution >= 4 is 5.91 Å². The second-order valence-electron chi connectivity index (χ2n) is 3.33. The molecule has 0 bridgehead atoms. The molecular formula is C8H16N2O2. The Labute approximate surface area is 72.5 Å². The average molecular weight is 172 g/mol. The normalized spacial score (nSPS) is 27.8. The SMILES string of the molecule is COCC(=O)NCC1CC(N)C1. The molecule has 1 aliphatic carbocycles. The van der Waals surface area contributed by atoms with Crippen LogP contribution in [-0.4, -0.2) is 32.2 Å². The van der Waals surface area contributed by atoms with Crippen LogP contribution in [0.2, 0.25) is 0 Å². The Morgan fingerprint density at radius 2 is 2.33 bits per heavy atom. The fourth-order valence-electron chi connectivity index (χ4n) is 1.39. The molecule has 12 heavy (non-hydrogen) atoms. The Morgan fingerprint density at radius 3 is 2.83 bits per heavy atom. The predicted molar refractivity (Wildman–Crippen MR) is 45.6 cm³/mol. The molecule has 1 saturated carbocycles. The van der Waals surface area contributed by atoms with Crippen molar-refractivity contribution in [2.24, 2.45) is 11.7 Å². The second-order valence-corrected chi connectivity index (χ2v) is 3.33. The molecule has 4 heteroatoms. The lowest BCUT2D eigenvalue weighted by Gasteiger charge is -2.32. The van der Waals surface area contributed by atoms with Gasteiger partial charge >= 0.3 is 0 Å². The summed E-state index contributed by atoms with van der Waals surface area (Å²) in [7, 11) is 1.51. The molecule has 0 aliphatic heterocycles. The van der Waals surface area contributed by atoms with Crippen LogP contribution in [0.4, 0.5) is 0 Å². The van der Waals surface area contributed by atoms with Crippen LogP contribution in [-0.2, 0) is 9.53 Å². The summed E-state index contributed by atoms with van der Waals surface area (Å²) in [4.78, 5) is 10.9. The van der Waals surface area contributed by atoms with Crippen LogP contribution in [0.15, 0.2) is 0 Å². The van der Waals surface area contributed by atoms with Gasteiger partial charge in [-0.25, -0.2) is 0 Å². The van der Waals surface area contributed by atoms with Crippen molar-refractivity contribution in [3.63, 3.8) is 0 Å². The zero-order valence-electron chi connectivity index (χ0n) is 7.38. The van der Waals surface area contributed by atoms with E-state index in [1.807, 2.05) is 0 Å². The number of methoxy groups -OCH3 is 1. The molecule has 0 spiro atoms. The summed E-state index contributed by atoms with van der Waals surface area (Å²) in [6.45, 7) is 0.897. The van der Waals surface area contributed by atoms with Crippen molar-refractivity contribution < 1.29 is 9.53 Å². The first-order valence-electron chi connectivity index (χ1n) is 4.23. The van der Waals surface area contributed by atoms with Crippen LogP contribution in [0.3, 0.4) is 0 Å². The summed E-state index contributed by atoms with van der Waals surface area (Å²) >= 11 is 0. The third-order valence-electron chi connectivity index (χ3n) is 2.14. The van der Waals surface area contributed by atoms with Gasteiger partial charge in [0.2, 0.25) is 5.91 Å². The fourth-order valence-corrected chi connectivity index (χ4v) is 1.39. The largest absolute Gasteiger partial charge is 0.375 e. The molecule has 0 radical (unpaired) electrons. The number of carbonyl (C=O) groups is 1. The maximum Gasteiger partial charge on any atom is 0.245 e. The molecule has 1 fully saturated rings. The zero-order valence-corrected chi connectivity index (χ0v) is 7.38. The third-order valence-corrected chi connectivity index (χ3v) is 2.14. The molecule has 0 aromatic heterocycles. The van der Waals surface area contributed by atoms with E-state index in [-0.39, 0.29) is 12.5 Å². The topological polar surface area (TPSA) is 64.3 Å². The Balaban J connectivity index is 1.98. The van der Waals surface area contributed by atoms with Gasteiger partial charge in [0.15, 0.2) is 0 Å². The Hall–Kier alpha value is -0.610. The number of rotatable bonds is 4. The van der Waals surface area contributed by atoms with Crippen molar-refractivity contribution in [2.75, 3.05) is 20.3 Å². The van der Waals surface area contributed by atoms with Crippen LogP contribution in [0.1, 0.15) is 12.8 Å². The predicted octanol–water partition coefficient (Wildman–Crippen LogP) is -0.514.